The van der Waals surface area contributed by atoms with Gasteiger partial charge in [-0.3, -0.25) is 14.4 Å². The topological polar surface area (TPSA) is 99.6 Å². The van der Waals surface area contributed by atoms with E-state index < -0.39 is 40.7 Å². The molecule has 9 nitrogen and oxygen atoms in total. The van der Waals surface area contributed by atoms with E-state index in [9.17, 15) is 14.7 Å². The fourth-order valence-electron chi connectivity index (χ4n) is 8.32. The monoisotopic (exact) mass is 657 g/mol. The smallest absolute Gasteiger partial charge is 0.249 e. The largest absolute Gasteiger partial charge is 0.494 e. The average Bonchev–Trinajstić information content (AvgIpc) is 3.68. The number of likely N-dealkylation sites (tertiary alicyclic amines) is 1. The molecule has 3 heterocycles. The number of carbonyl (C=O) groups excluding carboxylic acids is 3. The van der Waals surface area contributed by atoms with Crippen LogP contribution >= 0.6 is 0 Å². The molecule has 2 bridgehead atoms. The summed E-state index contributed by atoms with van der Waals surface area (Å²) in [7, 11) is 0. The van der Waals surface area contributed by atoms with Crippen LogP contribution in [0.2, 0.25) is 0 Å². The molecule has 258 valence electrons. The van der Waals surface area contributed by atoms with Crippen LogP contribution in [-0.4, -0.2) is 87.8 Å². The molecule has 3 fully saturated rings. The molecule has 3 aliphatic rings. The van der Waals surface area contributed by atoms with E-state index in [1.165, 1.54) is 0 Å². The Labute approximate surface area is 285 Å². The van der Waals surface area contributed by atoms with Gasteiger partial charge in [0.2, 0.25) is 17.7 Å². The molecule has 0 aliphatic carbocycles. The highest BCUT2D eigenvalue weighted by Gasteiger charge is 2.79. The van der Waals surface area contributed by atoms with Crippen LogP contribution in [0.3, 0.4) is 0 Å². The van der Waals surface area contributed by atoms with Gasteiger partial charge in [0.25, 0.3) is 0 Å². The van der Waals surface area contributed by atoms with Gasteiger partial charge in [0.15, 0.2) is 0 Å². The summed E-state index contributed by atoms with van der Waals surface area (Å²) in [4.78, 5) is 49.9. The molecule has 6 atom stereocenters. The molecule has 5 rings (SSSR count). The summed E-state index contributed by atoms with van der Waals surface area (Å²) in [6.07, 6.45) is 5.19. The first-order chi connectivity index (χ1) is 22.9. The summed E-state index contributed by atoms with van der Waals surface area (Å²) in [5, 5.41) is 10.9. The minimum absolute atomic E-state index is 0.230. The Hall–Kier alpha value is -3.95. The van der Waals surface area contributed by atoms with Crippen molar-refractivity contribution in [2.45, 2.75) is 89.1 Å². The SMILES string of the molecule is C=CCN(C(=O)[C@@H]1[C@H]2C(=O)N([C@@H](CO)Cc3ccccc3)C(C(=O)N(CC=C)C(C)(C)C)C23CC[C@@]1(CC)O3)c1ccc(OCC)cc1. The average molecular weight is 658 g/mol. The molecule has 0 aromatic heterocycles. The molecule has 3 aliphatic heterocycles. The Balaban J connectivity index is 1.64. The first-order valence-corrected chi connectivity index (χ1v) is 17.2. The molecule has 3 saturated heterocycles. The van der Waals surface area contributed by atoms with Gasteiger partial charge in [-0.1, -0.05) is 49.4 Å². The third-order valence-electron chi connectivity index (χ3n) is 10.5. The van der Waals surface area contributed by atoms with E-state index in [1.54, 1.807) is 26.9 Å². The molecule has 2 unspecified atom stereocenters. The zero-order valence-corrected chi connectivity index (χ0v) is 29.1. The van der Waals surface area contributed by atoms with Crippen LogP contribution in [0.5, 0.6) is 5.75 Å². The zero-order chi connectivity index (χ0) is 34.9. The Morgan fingerprint density at radius 1 is 1.04 bits per heavy atom. The Morgan fingerprint density at radius 2 is 1.71 bits per heavy atom. The maximum Gasteiger partial charge on any atom is 0.249 e. The molecule has 1 N–H and O–H groups in total. The molecule has 1 spiro atoms. The van der Waals surface area contributed by atoms with Crippen LogP contribution in [0.25, 0.3) is 0 Å². The van der Waals surface area contributed by atoms with Crippen molar-refractivity contribution in [2.75, 3.05) is 31.2 Å². The summed E-state index contributed by atoms with van der Waals surface area (Å²) < 4.78 is 12.7. The van der Waals surface area contributed by atoms with Crippen LogP contribution in [-0.2, 0) is 25.5 Å². The molecule has 2 aromatic rings. The highest BCUT2D eigenvalue weighted by atomic mass is 16.5. The summed E-state index contributed by atoms with van der Waals surface area (Å²) in [5.41, 5.74) is -1.17. The number of rotatable bonds is 14. The van der Waals surface area contributed by atoms with Crippen molar-refractivity contribution < 1.29 is 29.0 Å². The van der Waals surface area contributed by atoms with Gasteiger partial charge < -0.3 is 29.3 Å². The maximum absolute atomic E-state index is 15.1. The number of aliphatic hydroxyl groups excluding tert-OH is 1. The van der Waals surface area contributed by atoms with E-state index in [4.69, 9.17) is 9.47 Å². The van der Waals surface area contributed by atoms with Gasteiger partial charge in [-0.15, -0.1) is 13.2 Å². The number of ether oxygens (including phenoxy) is 2. The van der Waals surface area contributed by atoms with Crippen LogP contribution in [0.4, 0.5) is 5.69 Å². The van der Waals surface area contributed by atoms with Crippen molar-refractivity contribution >= 4 is 23.4 Å². The van der Waals surface area contributed by atoms with Gasteiger partial charge in [-0.2, -0.15) is 0 Å². The van der Waals surface area contributed by atoms with Crippen molar-refractivity contribution in [2.24, 2.45) is 11.8 Å². The highest BCUT2D eigenvalue weighted by molar-refractivity contribution is 6.03. The first-order valence-electron chi connectivity index (χ1n) is 17.2. The number of benzene rings is 2. The molecule has 0 radical (unpaired) electrons. The maximum atomic E-state index is 15.1. The van der Waals surface area contributed by atoms with Crippen LogP contribution < -0.4 is 9.64 Å². The van der Waals surface area contributed by atoms with Gasteiger partial charge in [0.05, 0.1) is 36.7 Å². The second kappa shape index (κ2) is 13.9. The summed E-state index contributed by atoms with van der Waals surface area (Å²) in [6.45, 7) is 18.3. The van der Waals surface area contributed by atoms with E-state index in [2.05, 4.69) is 13.2 Å². The van der Waals surface area contributed by atoms with Gasteiger partial charge in [0, 0.05) is 24.3 Å². The lowest BCUT2D eigenvalue weighted by atomic mass is 9.64. The van der Waals surface area contributed by atoms with Crippen molar-refractivity contribution in [1.29, 1.82) is 0 Å². The molecule has 0 saturated carbocycles. The van der Waals surface area contributed by atoms with E-state index in [0.717, 1.165) is 5.56 Å². The molecular weight excluding hydrogens is 606 g/mol. The number of hydrogen-bond acceptors (Lipinski definition) is 6. The molecular formula is C39H51N3O6. The number of nitrogens with zero attached hydrogens (tertiary/aromatic N) is 3. The van der Waals surface area contributed by atoms with Crippen molar-refractivity contribution in [1.82, 2.24) is 9.80 Å². The number of aliphatic hydroxyl groups is 1. The van der Waals surface area contributed by atoms with Gasteiger partial charge >= 0.3 is 0 Å². The van der Waals surface area contributed by atoms with E-state index in [0.29, 0.717) is 43.7 Å². The van der Waals surface area contributed by atoms with Gasteiger partial charge in [-0.05, 0) is 83.2 Å². The fraction of sp³-hybridized carbons (Fsp3) is 0.513. The third kappa shape index (κ3) is 5.96. The van der Waals surface area contributed by atoms with Crippen molar-refractivity contribution in [3.63, 3.8) is 0 Å². The first kappa shape index (κ1) is 35.4. The molecule has 9 heteroatoms. The molecule has 3 amide bonds. The number of hydrogen-bond donors (Lipinski definition) is 1. The second-order valence-corrected chi connectivity index (χ2v) is 14.2. The Morgan fingerprint density at radius 3 is 2.27 bits per heavy atom. The van der Waals surface area contributed by atoms with Crippen LogP contribution in [0.1, 0.15) is 59.4 Å². The van der Waals surface area contributed by atoms with Gasteiger partial charge in [-0.25, -0.2) is 0 Å². The van der Waals surface area contributed by atoms with E-state index in [-0.39, 0.29) is 37.4 Å². The van der Waals surface area contributed by atoms with Crippen LogP contribution in [0, 0.1) is 11.8 Å². The quantitative estimate of drug-likeness (QED) is 0.282. The number of amides is 3. The normalized spacial score (nSPS) is 26.6. The van der Waals surface area contributed by atoms with Crippen molar-refractivity contribution in [3.8, 4) is 5.75 Å². The Bertz CT molecular complexity index is 1500. The number of carbonyl (C=O) groups is 3. The number of anilines is 1. The van der Waals surface area contributed by atoms with Crippen LogP contribution in [0.15, 0.2) is 79.9 Å². The lowest BCUT2D eigenvalue weighted by Crippen LogP contribution is -2.62. The summed E-state index contributed by atoms with van der Waals surface area (Å²) in [5.74, 6) is -1.88. The summed E-state index contributed by atoms with van der Waals surface area (Å²) >= 11 is 0. The zero-order valence-electron chi connectivity index (χ0n) is 29.1. The summed E-state index contributed by atoms with van der Waals surface area (Å²) in [6, 6.07) is 15.2. The lowest BCUT2D eigenvalue weighted by molar-refractivity contribution is -0.158. The second-order valence-electron chi connectivity index (χ2n) is 14.2. The lowest BCUT2D eigenvalue weighted by Gasteiger charge is -2.43. The third-order valence-corrected chi connectivity index (χ3v) is 10.5. The van der Waals surface area contributed by atoms with E-state index >= 15 is 4.79 Å². The molecule has 48 heavy (non-hydrogen) atoms. The van der Waals surface area contributed by atoms with Crippen molar-refractivity contribution in [3.05, 3.63) is 85.5 Å². The predicted molar refractivity (Wildman–Crippen MR) is 187 cm³/mol. The predicted octanol–water partition coefficient (Wildman–Crippen LogP) is 5.18. The van der Waals surface area contributed by atoms with Gasteiger partial charge in [0.1, 0.15) is 17.4 Å². The van der Waals surface area contributed by atoms with E-state index in [1.807, 2.05) is 89.2 Å². The minimum atomic E-state index is -1.24. The standard InChI is InChI=1S/C39H51N3O6/c1-8-23-40(28-17-19-30(20-18-28)47-11-4)34(44)31-32-35(45)42(29(26-43)25-27-15-13-12-14-16-27)33(36(46)41(24-9-2)37(5,6)7)39(32)22-21-38(31,10-3)48-39/h8-9,12-20,29,31-33,43H,1-2,10-11,21-26H2,3-7H3/t29-,31+,32+,33?,38-,39?/m1/s1. The molecule has 2 aromatic carbocycles. The fourth-order valence-corrected chi connectivity index (χ4v) is 8.32. The number of fused-ring (bicyclic) bond motifs is 1. The Kier molecular flexibility index (Phi) is 10.2. The highest BCUT2D eigenvalue weighted by Crippen LogP contribution is 2.65. The minimum Gasteiger partial charge on any atom is -0.494 e.